The molecule has 107 heavy (non-hydrogen) atoms. The Hall–Kier alpha value is -4.00. The molecule has 6 fully saturated rings. The summed E-state index contributed by atoms with van der Waals surface area (Å²) < 4.78 is 0. The van der Waals surface area contributed by atoms with Crippen molar-refractivity contribution in [3.05, 3.63) is 209 Å². The zero-order valence-electron chi connectivity index (χ0n) is 71.3. The van der Waals surface area contributed by atoms with Gasteiger partial charge in [0.05, 0.1) is 0 Å². The fourth-order valence-corrected chi connectivity index (χ4v) is 23.5. The predicted molar refractivity (Wildman–Crippen MR) is 469 cm³/mol. The van der Waals surface area contributed by atoms with Gasteiger partial charge < -0.3 is 14.9 Å². The van der Waals surface area contributed by atoms with E-state index in [1.165, 1.54) is 126 Å². The van der Waals surface area contributed by atoms with Gasteiger partial charge in [-0.05, 0) is 323 Å². The predicted octanol–water partition coefficient (Wildman–Crippen LogP) is 32.1. The maximum atomic E-state index is 4.93. The number of hydrogen-bond donors (Lipinski definition) is 0. The van der Waals surface area contributed by atoms with Gasteiger partial charge in [0.15, 0.2) is 0 Å². The third-order valence-corrected chi connectivity index (χ3v) is 29.5. The molecule has 0 aliphatic heterocycles. The summed E-state index contributed by atoms with van der Waals surface area (Å²) >= 11 is -0.826. The van der Waals surface area contributed by atoms with Gasteiger partial charge in [0.2, 0.25) is 0 Å². The summed E-state index contributed by atoms with van der Waals surface area (Å²) in [5.41, 5.74) is 26.8. The average Bonchev–Trinajstić information content (AvgIpc) is 1.62. The van der Waals surface area contributed by atoms with Crippen LogP contribution >= 0.6 is 17.0 Å². The zero-order valence-corrected chi connectivity index (χ0v) is 75.3. The number of hydrogen-bond acceptors (Lipinski definition) is 0. The molecule has 0 aromatic heterocycles. The summed E-state index contributed by atoms with van der Waals surface area (Å²) in [5, 5.41) is 0. The molecule has 0 amide bonds. The van der Waals surface area contributed by atoms with E-state index in [4.69, 9.17) is 17.0 Å². The van der Waals surface area contributed by atoms with Crippen LogP contribution in [-0.4, -0.2) is 0 Å². The van der Waals surface area contributed by atoms with Gasteiger partial charge in [-0.15, -0.1) is 0 Å². The van der Waals surface area contributed by atoms with Crippen LogP contribution in [-0.2, 0) is 43.5 Å². The van der Waals surface area contributed by atoms with Crippen LogP contribution in [0.25, 0.3) is 51.6 Å². The standard InChI is InChI=1S/C41H72.C41H44.C20H22.2CH3.2ClH.Zr/c2*1-26-23-38-32(28-15-19-30(20-16-28)40(3,4)5)11-9-13-34(38)36(26)25-37-27(2)24-39-33(12-10-14-35(37)39)29-17-21-31(22-18-29)41(6,7)8;1-14-12-16-6-5-7-18(19(16)13-14)15-8-10-17(11-9-15)20(2,3)4;;;;;/h26-39H,9-25H2,1-8H3;9-24,36-37H,25H2,1-8H3;5-11,13H,12H2,1-4H3;2*1H3;2*1H;/q;;;2*-1;;;+4/p-2/t26?,27?,28?,29?,30?,31?,32-,33-,34?,35?,36?,37?,38?,39?;;;;;;;/m0......./s1. The zero-order chi connectivity index (χ0) is 75.2. The van der Waals surface area contributed by atoms with E-state index in [1.54, 1.807) is 83.5 Å². The Morgan fingerprint density at radius 3 is 1.03 bits per heavy atom. The first-order valence-electron chi connectivity index (χ1n) is 42.4. The molecule has 6 aromatic carbocycles. The van der Waals surface area contributed by atoms with Crippen LogP contribution in [0.15, 0.2) is 144 Å². The van der Waals surface area contributed by atoms with E-state index in [0.717, 1.165) is 95.7 Å². The number of allylic oxidation sites excluding steroid dienone is 3. The van der Waals surface area contributed by atoms with Crippen molar-refractivity contribution in [1.82, 2.24) is 0 Å². The van der Waals surface area contributed by atoms with Crippen LogP contribution in [0.3, 0.4) is 0 Å². The van der Waals surface area contributed by atoms with Crippen molar-refractivity contribution in [3.63, 3.8) is 0 Å². The normalized spacial score (nSPS) is 28.6. The first-order valence-corrected chi connectivity index (χ1v) is 48.7. The molecule has 0 saturated heterocycles. The molecule has 9 aliphatic rings. The van der Waals surface area contributed by atoms with Gasteiger partial charge in [-0.25, -0.2) is 0 Å². The van der Waals surface area contributed by atoms with Crippen LogP contribution < -0.4 is 0 Å². The number of halogens is 2. The molecule has 0 spiro atoms. The van der Waals surface area contributed by atoms with Gasteiger partial charge in [0.25, 0.3) is 0 Å². The topological polar surface area (TPSA) is 0 Å². The molecule has 0 heterocycles. The van der Waals surface area contributed by atoms with Crippen molar-refractivity contribution in [2.24, 2.45) is 93.7 Å². The Balaban J connectivity index is 0.000000176. The Morgan fingerprint density at radius 1 is 0.364 bits per heavy atom. The molecule has 3 heteroatoms. The molecule has 0 bridgehead atoms. The van der Waals surface area contributed by atoms with Crippen molar-refractivity contribution in [3.8, 4) is 33.4 Å². The minimum absolute atomic E-state index is 0. The molecule has 9 aliphatic carbocycles. The van der Waals surface area contributed by atoms with Gasteiger partial charge in [-0.3, -0.25) is 0 Å². The number of fused-ring (bicyclic) bond motifs is 5. The molecule has 0 N–H and O–H groups in total. The second kappa shape index (κ2) is 35.2. The van der Waals surface area contributed by atoms with E-state index < -0.39 is 20.8 Å². The first kappa shape index (κ1) is 85.4. The number of rotatable bonds is 9. The molecule has 10 unspecified atom stereocenters. The third kappa shape index (κ3) is 19.3. The van der Waals surface area contributed by atoms with E-state index in [1.807, 2.05) is 0 Å². The molecule has 0 radical (unpaired) electrons. The molecular weight excluding hydrogens is 1410 g/mol. The second-order valence-electron chi connectivity index (χ2n) is 41.1. The fourth-order valence-electron chi connectivity index (χ4n) is 23.5. The van der Waals surface area contributed by atoms with Crippen molar-refractivity contribution in [1.29, 1.82) is 0 Å². The molecule has 6 saturated carbocycles. The quantitative estimate of drug-likeness (QED) is 0.127. The molecule has 0 nitrogen and oxygen atoms in total. The molecule has 12 atom stereocenters. The van der Waals surface area contributed by atoms with Gasteiger partial charge >= 0.3 is 37.9 Å². The monoisotopic (exact) mass is 1550 g/mol. The van der Waals surface area contributed by atoms with Crippen molar-refractivity contribution >= 4 is 35.3 Å². The second-order valence-corrected chi connectivity index (χ2v) is 44.9. The fraction of sp³-hybridized carbons (Fsp3) is 0.577. The summed E-state index contributed by atoms with van der Waals surface area (Å²) in [5.74, 6) is 15.6. The summed E-state index contributed by atoms with van der Waals surface area (Å²) in [7, 11) is 9.87. The van der Waals surface area contributed by atoms with Crippen LogP contribution in [0.2, 0.25) is 0 Å². The Bertz CT molecular complexity index is 3790. The molecular formula is C104H144Cl2Zr. The number of benzene rings is 6. The third-order valence-electron chi connectivity index (χ3n) is 29.5. The van der Waals surface area contributed by atoms with Crippen molar-refractivity contribution in [2.75, 3.05) is 0 Å². The summed E-state index contributed by atoms with van der Waals surface area (Å²) in [4.78, 5) is 0. The van der Waals surface area contributed by atoms with Gasteiger partial charge in [0, 0.05) is 11.8 Å². The van der Waals surface area contributed by atoms with E-state index in [0.29, 0.717) is 22.7 Å². The van der Waals surface area contributed by atoms with E-state index in [9.17, 15) is 0 Å². The van der Waals surface area contributed by atoms with Crippen LogP contribution in [0, 0.1) is 109 Å². The summed E-state index contributed by atoms with van der Waals surface area (Å²) in [6, 6.07) is 48.0. The summed E-state index contributed by atoms with van der Waals surface area (Å²) in [6.45, 7) is 47.8. The van der Waals surface area contributed by atoms with Gasteiger partial charge in [-0.1, -0.05) is 293 Å². The Kier molecular flexibility index (Phi) is 28.1. The van der Waals surface area contributed by atoms with Crippen LogP contribution in [0.1, 0.15) is 316 Å². The molecule has 578 valence electrons. The Labute approximate surface area is 675 Å². The van der Waals surface area contributed by atoms with Gasteiger partial charge in [-0.2, -0.15) is 0 Å². The first-order chi connectivity index (χ1) is 49.7. The van der Waals surface area contributed by atoms with E-state index in [2.05, 4.69) is 284 Å². The van der Waals surface area contributed by atoms with Crippen molar-refractivity contribution < 1.29 is 20.8 Å². The van der Waals surface area contributed by atoms with Gasteiger partial charge in [0.1, 0.15) is 0 Å². The SMILES string of the molecule is CC1=Cc2c(-c3ccc(C(C)(C)C)cc3)cccc2C1CC1C(C)=Cc2c(-c3ccc(C(C)(C)C)cc3)cccc21.CC1=Cc2c(cccc2-c2ccc(C(C)(C)C)cc2)C1.CC1CC2C(CCC[C@H]2C2CCC(C(C)(C)C)CC2)C1CC1C(C)CC2C1CCC[C@H]2C1CCC(C(C)(C)C)CC1.[CH3-].[CH3-].[Cl][Zr+2][Cl]. The minimum atomic E-state index is -0.826. The average molecular weight is 1560 g/mol. The summed E-state index contributed by atoms with van der Waals surface area (Å²) in [6.07, 6.45) is 36.0. The molecule has 15 rings (SSSR count). The van der Waals surface area contributed by atoms with Crippen LogP contribution in [0.5, 0.6) is 0 Å². The van der Waals surface area contributed by atoms with E-state index in [-0.39, 0.29) is 31.1 Å². The van der Waals surface area contributed by atoms with E-state index >= 15 is 0 Å². The Morgan fingerprint density at radius 2 is 0.692 bits per heavy atom. The maximum absolute atomic E-state index is 4.93. The van der Waals surface area contributed by atoms with Crippen LogP contribution in [0.4, 0.5) is 0 Å². The molecule has 6 aromatic rings. The van der Waals surface area contributed by atoms with Crippen molar-refractivity contribution in [2.45, 2.75) is 289 Å².